The fourth-order valence-corrected chi connectivity index (χ4v) is 4.08. The molecule has 0 amide bonds. The number of rotatable bonds is 6. The van der Waals surface area contributed by atoms with E-state index in [1.807, 2.05) is 18.6 Å². The highest BCUT2D eigenvalue weighted by atomic mass is 32.2. The molecule has 0 N–H and O–H groups in total. The Labute approximate surface area is 150 Å². The molecule has 2 aliphatic rings. The van der Waals surface area contributed by atoms with Crippen LogP contribution in [0.4, 0.5) is 0 Å². The van der Waals surface area contributed by atoms with Crippen LogP contribution in [0.15, 0.2) is 17.6 Å². The SMILES string of the molecule is CSc1ncc(CN2CCCCC2CCN2CCN(C)CC2)cn1. The molecule has 0 spiro atoms. The Kier molecular flexibility index (Phi) is 6.89. The Bertz CT molecular complexity index is 487. The molecule has 5 nitrogen and oxygen atoms in total. The molecule has 1 aromatic heterocycles. The first-order valence-corrected chi connectivity index (χ1v) is 10.5. The molecule has 0 radical (unpaired) electrons. The topological polar surface area (TPSA) is 35.5 Å². The minimum atomic E-state index is 0.721. The van der Waals surface area contributed by atoms with Gasteiger partial charge in [0.15, 0.2) is 5.16 Å². The molecule has 0 saturated carbocycles. The Morgan fingerprint density at radius 2 is 1.83 bits per heavy atom. The molecule has 1 aromatic rings. The van der Waals surface area contributed by atoms with Gasteiger partial charge in [0.1, 0.15) is 0 Å². The number of likely N-dealkylation sites (tertiary alicyclic amines) is 1. The van der Waals surface area contributed by atoms with Crippen molar-refractivity contribution in [2.75, 3.05) is 52.6 Å². The van der Waals surface area contributed by atoms with Gasteiger partial charge in [-0.1, -0.05) is 18.2 Å². The van der Waals surface area contributed by atoms with Crippen molar-refractivity contribution in [1.82, 2.24) is 24.7 Å². The zero-order chi connectivity index (χ0) is 16.8. The average Bonchev–Trinajstić information content (AvgIpc) is 2.63. The summed E-state index contributed by atoms with van der Waals surface area (Å²) >= 11 is 1.60. The summed E-state index contributed by atoms with van der Waals surface area (Å²) in [4.78, 5) is 16.6. The molecule has 24 heavy (non-hydrogen) atoms. The fraction of sp³-hybridized carbons (Fsp3) is 0.778. The van der Waals surface area contributed by atoms with Gasteiger partial charge in [-0.2, -0.15) is 0 Å². The van der Waals surface area contributed by atoms with Crippen LogP contribution in [-0.4, -0.2) is 83.3 Å². The van der Waals surface area contributed by atoms with Crippen molar-refractivity contribution >= 4 is 11.8 Å². The van der Waals surface area contributed by atoms with Crippen LogP contribution in [0.5, 0.6) is 0 Å². The summed E-state index contributed by atoms with van der Waals surface area (Å²) in [6.45, 7) is 8.36. The molecule has 2 saturated heterocycles. The lowest BCUT2D eigenvalue weighted by Crippen LogP contribution is -2.47. The average molecular weight is 350 g/mol. The van der Waals surface area contributed by atoms with Gasteiger partial charge in [-0.3, -0.25) is 4.90 Å². The molecule has 2 fully saturated rings. The molecule has 3 rings (SSSR count). The van der Waals surface area contributed by atoms with E-state index in [1.54, 1.807) is 11.8 Å². The molecule has 0 bridgehead atoms. The largest absolute Gasteiger partial charge is 0.304 e. The van der Waals surface area contributed by atoms with E-state index in [9.17, 15) is 0 Å². The van der Waals surface area contributed by atoms with E-state index in [-0.39, 0.29) is 0 Å². The first kappa shape index (κ1) is 18.1. The standard InChI is InChI=1S/C18H31N5S/c1-21-9-11-22(12-10-21)8-6-17-5-3-4-7-23(17)15-16-13-19-18(24-2)20-14-16/h13-14,17H,3-12,15H2,1-2H3. The van der Waals surface area contributed by atoms with E-state index >= 15 is 0 Å². The highest BCUT2D eigenvalue weighted by molar-refractivity contribution is 7.98. The van der Waals surface area contributed by atoms with Gasteiger partial charge in [0.2, 0.25) is 0 Å². The summed E-state index contributed by atoms with van der Waals surface area (Å²) < 4.78 is 0. The van der Waals surface area contributed by atoms with Crippen molar-refractivity contribution in [3.05, 3.63) is 18.0 Å². The summed E-state index contributed by atoms with van der Waals surface area (Å²) in [5.74, 6) is 0. The smallest absolute Gasteiger partial charge is 0.187 e. The van der Waals surface area contributed by atoms with Gasteiger partial charge in [0.25, 0.3) is 0 Å². The summed E-state index contributed by atoms with van der Waals surface area (Å²) in [6, 6.07) is 0.721. The number of likely N-dealkylation sites (N-methyl/N-ethyl adjacent to an activating group) is 1. The quantitative estimate of drug-likeness (QED) is 0.579. The summed E-state index contributed by atoms with van der Waals surface area (Å²) in [6.07, 6.45) is 11.4. The van der Waals surface area contributed by atoms with Crippen LogP contribution in [-0.2, 0) is 6.54 Å². The lowest BCUT2D eigenvalue weighted by atomic mass is 9.98. The number of aromatic nitrogens is 2. The number of thioether (sulfide) groups is 1. The van der Waals surface area contributed by atoms with Gasteiger partial charge < -0.3 is 9.80 Å². The summed E-state index contributed by atoms with van der Waals surface area (Å²) in [5.41, 5.74) is 1.25. The first-order valence-electron chi connectivity index (χ1n) is 9.24. The molecule has 134 valence electrons. The Balaban J connectivity index is 1.50. The summed E-state index contributed by atoms with van der Waals surface area (Å²) in [5, 5.41) is 0.865. The lowest BCUT2D eigenvalue weighted by Gasteiger charge is -2.38. The molecule has 1 atom stereocenters. The van der Waals surface area contributed by atoms with Crippen molar-refractivity contribution in [2.45, 2.75) is 43.4 Å². The second-order valence-electron chi connectivity index (χ2n) is 7.13. The minimum absolute atomic E-state index is 0.721. The lowest BCUT2D eigenvalue weighted by molar-refractivity contribution is 0.101. The van der Waals surface area contributed by atoms with Gasteiger partial charge in [0.05, 0.1) is 0 Å². The molecular formula is C18H31N5S. The second-order valence-corrected chi connectivity index (χ2v) is 7.91. The molecule has 3 heterocycles. The molecule has 6 heteroatoms. The monoisotopic (exact) mass is 349 g/mol. The van der Waals surface area contributed by atoms with Crippen LogP contribution in [0.25, 0.3) is 0 Å². The molecule has 0 aliphatic carbocycles. The van der Waals surface area contributed by atoms with Crippen molar-refractivity contribution in [3.8, 4) is 0 Å². The van der Waals surface area contributed by atoms with Crippen molar-refractivity contribution in [3.63, 3.8) is 0 Å². The number of hydrogen-bond acceptors (Lipinski definition) is 6. The first-order chi connectivity index (χ1) is 11.7. The number of piperidine rings is 1. The van der Waals surface area contributed by atoms with Gasteiger partial charge in [-0.25, -0.2) is 9.97 Å². The number of nitrogens with zero attached hydrogens (tertiary/aromatic N) is 5. The van der Waals surface area contributed by atoms with Gasteiger partial charge in [-0.05, 0) is 45.7 Å². The Morgan fingerprint density at radius 3 is 2.54 bits per heavy atom. The predicted molar refractivity (Wildman–Crippen MR) is 100 cm³/mol. The molecule has 2 aliphatic heterocycles. The van der Waals surface area contributed by atoms with Gasteiger partial charge in [0, 0.05) is 56.7 Å². The van der Waals surface area contributed by atoms with E-state index in [0.717, 1.165) is 17.7 Å². The minimum Gasteiger partial charge on any atom is -0.304 e. The summed E-state index contributed by atoms with van der Waals surface area (Å²) in [7, 11) is 2.23. The highest BCUT2D eigenvalue weighted by Gasteiger charge is 2.24. The van der Waals surface area contributed by atoms with Crippen molar-refractivity contribution < 1.29 is 0 Å². The molecule has 0 aromatic carbocycles. The highest BCUT2D eigenvalue weighted by Crippen LogP contribution is 2.22. The van der Waals surface area contributed by atoms with E-state index in [1.165, 1.54) is 70.5 Å². The molecule has 1 unspecified atom stereocenters. The van der Waals surface area contributed by atoms with E-state index in [4.69, 9.17) is 0 Å². The zero-order valence-electron chi connectivity index (χ0n) is 15.2. The normalized spacial score (nSPS) is 24.3. The third-order valence-corrected chi connectivity index (χ3v) is 5.95. The van der Waals surface area contributed by atoms with Gasteiger partial charge in [-0.15, -0.1) is 0 Å². The van der Waals surface area contributed by atoms with E-state index in [2.05, 4.69) is 31.7 Å². The van der Waals surface area contributed by atoms with Crippen LogP contribution in [0.1, 0.15) is 31.2 Å². The van der Waals surface area contributed by atoms with Crippen LogP contribution in [0, 0.1) is 0 Å². The zero-order valence-corrected chi connectivity index (χ0v) is 16.0. The van der Waals surface area contributed by atoms with Crippen molar-refractivity contribution in [1.29, 1.82) is 0 Å². The predicted octanol–water partition coefficient (Wildman–Crippen LogP) is 2.19. The number of hydrogen-bond donors (Lipinski definition) is 0. The van der Waals surface area contributed by atoms with Crippen LogP contribution >= 0.6 is 11.8 Å². The fourth-order valence-electron chi connectivity index (χ4n) is 3.76. The molecular weight excluding hydrogens is 318 g/mol. The maximum absolute atomic E-state index is 4.43. The van der Waals surface area contributed by atoms with Crippen LogP contribution in [0.2, 0.25) is 0 Å². The number of piperazine rings is 1. The van der Waals surface area contributed by atoms with Gasteiger partial charge >= 0.3 is 0 Å². The van der Waals surface area contributed by atoms with Crippen LogP contribution < -0.4 is 0 Å². The third-order valence-electron chi connectivity index (χ3n) is 5.37. The second kappa shape index (κ2) is 9.13. The maximum atomic E-state index is 4.43. The Morgan fingerprint density at radius 1 is 1.08 bits per heavy atom. The van der Waals surface area contributed by atoms with Crippen LogP contribution in [0.3, 0.4) is 0 Å². The van der Waals surface area contributed by atoms with E-state index in [0.29, 0.717) is 0 Å². The third kappa shape index (κ3) is 5.15. The van der Waals surface area contributed by atoms with Crippen molar-refractivity contribution in [2.24, 2.45) is 0 Å². The maximum Gasteiger partial charge on any atom is 0.187 e. The Hall–Kier alpha value is -0.690. The van der Waals surface area contributed by atoms with E-state index < -0.39 is 0 Å².